The molecule has 4 nitrogen and oxygen atoms in total. The molecule has 7 heteroatoms. The molecule has 1 N–H and O–H groups in total. The average Bonchev–Trinajstić information content (AvgIpc) is 3.08. The first-order valence-corrected chi connectivity index (χ1v) is 8.75. The van der Waals surface area contributed by atoms with Crippen molar-refractivity contribution < 1.29 is 18.7 Å². The predicted octanol–water partition coefficient (Wildman–Crippen LogP) is 4.08. The van der Waals surface area contributed by atoms with Crippen LogP contribution in [0.4, 0.5) is 4.39 Å². The number of hydrogen-bond acceptors (Lipinski definition) is 4. The van der Waals surface area contributed by atoms with Crippen molar-refractivity contribution in [2.45, 2.75) is 13.0 Å². The smallest absolute Gasteiger partial charge is 0.331 e. The lowest BCUT2D eigenvalue weighted by molar-refractivity contribution is -0.144. The van der Waals surface area contributed by atoms with Crippen LogP contribution in [0.25, 0.3) is 6.08 Å². The second kappa shape index (κ2) is 8.75. The summed E-state index contributed by atoms with van der Waals surface area (Å²) < 4.78 is 19.1. The molecule has 0 fully saturated rings. The number of thiophene rings is 1. The Kier molecular flexibility index (Phi) is 6.69. The number of esters is 1. The van der Waals surface area contributed by atoms with Gasteiger partial charge in [-0.05, 0) is 42.6 Å². The standard InChI is InChI=1S/C17H15BrFNO3S/c1-11(15-3-2-8-24-15)20-16(21)10-23-17(22)7-4-12-9-13(18)5-6-14(12)19/h2-9,11H,10H2,1H3,(H,20,21)/b7-4+/t11-/m0/s1. The van der Waals surface area contributed by atoms with Gasteiger partial charge < -0.3 is 10.1 Å². The van der Waals surface area contributed by atoms with Crippen molar-refractivity contribution in [1.29, 1.82) is 0 Å². The third-order valence-electron chi connectivity index (χ3n) is 3.05. The van der Waals surface area contributed by atoms with Gasteiger partial charge in [-0.15, -0.1) is 11.3 Å². The third kappa shape index (κ3) is 5.58. The average molecular weight is 412 g/mol. The summed E-state index contributed by atoms with van der Waals surface area (Å²) in [5, 5.41) is 4.65. The Morgan fingerprint density at radius 1 is 1.42 bits per heavy atom. The van der Waals surface area contributed by atoms with Crippen LogP contribution in [0.3, 0.4) is 0 Å². The first-order valence-electron chi connectivity index (χ1n) is 7.08. The molecule has 24 heavy (non-hydrogen) atoms. The number of carbonyl (C=O) groups is 2. The fourth-order valence-electron chi connectivity index (χ4n) is 1.88. The van der Waals surface area contributed by atoms with E-state index in [0.717, 1.165) is 11.0 Å². The summed E-state index contributed by atoms with van der Waals surface area (Å²) in [5.41, 5.74) is 0.247. The number of rotatable bonds is 6. The largest absolute Gasteiger partial charge is 0.452 e. The first kappa shape index (κ1) is 18.4. The van der Waals surface area contributed by atoms with Crippen molar-refractivity contribution in [2.75, 3.05) is 6.61 Å². The van der Waals surface area contributed by atoms with Crippen LogP contribution >= 0.6 is 27.3 Å². The predicted molar refractivity (Wildman–Crippen MR) is 95.0 cm³/mol. The van der Waals surface area contributed by atoms with E-state index in [-0.39, 0.29) is 18.2 Å². The Morgan fingerprint density at radius 2 is 2.21 bits per heavy atom. The van der Waals surface area contributed by atoms with Gasteiger partial charge in [-0.3, -0.25) is 4.79 Å². The lowest BCUT2D eigenvalue weighted by Crippen LogP contribution is -2.30. The maximum atomic E-state index is 13.5. The second-order valence-corrected chi connectivity index (χ2v) is 6.81. The highest BCUT2D eigenvalue weighted by atomic mass is 79.9. The highest BCUT2D eigenvalue weighted by Gasteiger charge is 2.11. The van der Waals surface area contributed by atoms with Gasteiger partial charge in [0, 0.05) is 21.0 Å². The van der Waals surface area contributed by atoms with Crippen molar-refractivity contribution >= 4 is 45.2 Å². The molecule has 0 aliphatic heterocycles. The van der Waals surface area contributed by atoms with Crippen LogP contribution in [-0.2, 0) is 14.3 Å². The summed E-state index contributed by atoms with van der Waals surface area (Å²) >= 11 is 4.76. The van der Waals surface area contributed by atoms with Crippen LogP contribution in [0, 0.1) is 5.82 Å². The van der Waals surface area contributed by atoms with E-state index in [1.807, 2.05) is 24.4 Å². The topological polar surface area (TPSA) is 55.4 Å². The molecule has 0 saturated carbocycles. The second-order valence-electron chi connectivity index (χ2n) is 4.91. The Labute approximate surface area is 151 Å². The number of carbonyl (C=O) groups excluding carboxylic acids is 2. The van der Waals surface area contributed by atoms with Gasteiger partial charge in [0.05, 0.1) is 6.04 Å². The van der Waals surface area contributed by atoms with E-state index in [9.17, 15) is 14.0 Å². The van der Waals surface area contributed by atoms with Crippen LogP contribution in [0.15, 0.2) is 46.3 Å². The highest BCUT2D eigenvalue weighted by Crippen LogP contribution is 2.18. The molecule has 1 aromatic heterocycles. The van der Waals surface area contributed by atoms with E-state index in [1.54, 1.807) is 6.07 Å². The van der Waals surface area contributed by atoms with E-state index in [0.29, 0.717) is 4.47 Å². The molecule has 2 rings (SSSR count). The molecule has 0 unspecified atom stereocenters. The fraction of sp³-hybridized carbons (Fsp3) is 0.176. The fourth-order valence-corrected chi connectivity index (χ4v) is 2.99. The molecule has 0 spiro atoms. The van der Waals surface area contributed by atoms with Crippen LogP contribution in [0.1, 0.15) is 23.4 Å². The first-order chi connectivity index (χ1) is 11.5. The number of ether oxygens (including phenoxy) is 1. The molecule has 0 radical (unpaired) electrons. The zero-order chi connectivity index (χ0) is 17.5. The molecular formula is C17H15BrFNO3S. The van der Waals surface area contributed by atoms with E-state index in [2.05, 4.69) is 21.2 Å². The Balaban J connectivity index is 1.81. The van der Waals surface area contributed by atoms with Gasteiger partial charge in [-0.25, -0.2) is 9.18 Å². The molecule has 0 bridgehead atoms. The Morgan fingerprint density at radius 3 is 2.92 bits per heavy atom. The molecule has 0 aliphatic rings. The molecule has 1 aromatic carbocycles. The van der Waals surface area contributed by atoms with E-state index in [4.69, 9.17) is 4.74 Å². The van der Waals surface area contributed by atoms with Crippen molar-refractivity contribution in [1.82, 2.24) is 5.32 Å². The van der Waals surface area contributed by atoms with Gasteiger partial charge in [0.15, 0.2) is 6.61 Å². The van der Waals surface area contributed by atoms with Gasteiger partial charge in [0.1, 0.15) is 5.82 Å². The van der Waals surface area contributed by atoms with Gasteiger partial charge in [0.2, 0.25) is 0 Å². The van der Waals surface area contributed by atoms with Crippen molar-refractivity contribution in [2.24, 2.45) is 0 Å². The summed E-state index contributed by atoms with van der Waals surface area (Å²) in [6.45, 7) is 1.46. The number of halogens is 2. The van der Waals surface area contributed by atoms with Gasteiger partial charge in [-0.2, -0.15) is 0 Å². The zero-order valence-corrected chi connectivity index (χ0v) is 15.2. The number of hydrogen-bond donors (Lipinski definition) is 1. The maximum Gasteiger partial charge on any atom is 0.331 e. The summed E-state index contributed by atoms with van der Waals surface area (Å²) in [6, 6.07) is 8.04. The van der Waals surface area contributed by atoms with Crippen LogP contribution in [-0.4, -0.2) is 18.5 Å². The monoisotopic (exact) mass is 411 g/mol. The van der Waals surface area contributed by atoms with Gasteiger partial charge in [-0.1, -0.05) is 22.0 Å². The third-order valence-corrected chi connectivity index (χ3v) is 4.60. The quantitative estimate of drug-likeness (QED) is 0.575. The summed E-state index contributed by atoms with van der Waals surface area (Å²) in [6.07, 6.45) is 2.38. The zero-order valence-electron chi connectivity index (χ0n) is 12.8. The van der Waals surface area contributed by atoms with E-state index < -0.39 is 17.7 Å². The molecule has 0 aliphatic carbocycles. The summed E-state index contributed by atoms with van der Waals surface area (Å²) in [5.74, 6) is -1.57. The number of amides is 1. The van der Waals surface area contributed by atoms with Gasteiger partial charge in [0.25, 0.3) is 5.91 Å². The summed E-state index contributed by atoms with van der Waals surface area (Å²) in [4.78, 5) is 24.4. The van der Waals surface area contributed by atoms with Crippen LogP contribution < -0.4 is 5.32 Å². The van der Waals surface area contributed by atoms with Gasteiger partial charge >= 0.3 is 5.97 Å². The number of nitrogens with one attached hydrogen (secondary N) is 1. The van der Waals surface area contributed by atoms with Crippen molar-refractivity contribution in [3.63, 3.8) is 0 Å². The highest BCUT2D eigenvalue weighted by molar-refractivity contribution is 9.10. The maximum absolute atomic E-state index is 13.5. The van der Waals surface area contributed by atoms with Crippen LogP contribution in [0.5, 0.6) is 0 Å². The molecule has 0 saturated heterocycles. The van der Waals surface area contributed by atoms with E-state index in [1.165, 1.54) is 29.5 Å². The Bertz CT molecular complexity index is 746. The molecular weight excluding hydrogens is 397 g/mol. The molecule has 2 aromatic rings. The lowest BCUT2D eigenvalue weighted by atomic mass is 10.2. The minimum absolute atomic E-state index is 0.150. The normalized spacial score (nSPS) is 12.1. The molecule has 1 atom stereocenters. The van der Waals surface area contributed by atoms with Crippen molar-refractivity contribution in [3.8, 4) is 0 Å². The minimum Gasteiger partial charge on any atom is -0.452 e. The molecule has 1 heterocycles. The van der Waals surface area contributed by atoms with Crippen molar-refractivity contribution in [3.05, 3.63) is 62.5 Å². The Hall–Kier alpha value is -1.99. The molecule has 126 valence electrons. The van der Waals surface area contributed by atoms with E-state index >= 15 is 0 Å². The molecule has 1 amide bonds. The minimum atomic E-state index is -0.715. The SMILES string of the molecule is C[C@H](NC(=O)COC(=O)/C=C/c1cc(Br)ccc1F)c1cccs1. The number of benzene rings is 1. The lowest BCUT2D eigenvalue weighted by Gasteiger charge is -2.11. The summed E-state index contributed by atoms with van der Waals surface area (Å²) in [7, 11) is 0. The van der Waals surface area contributed by atoms with Crippen LogP contribution in [0.2, 0.25) is 0 Å².